The number of hydrogen-bond donors (Lipinski definition) is 1. The van der Waals surface area contributed by atoms with E-state index in [1.54, 1.807) is 0 Å². The Morgan fingerprint density at radius 1 is 0.947 bits per heavy atom. The van der Waals surface area contributed by atoms with Crippen molar-refractivity contribution in [3.8, 4) is 5.69 Å². The van der Waals surface area contributed by atoms with Crippen molar-refractivity contribution in [3.05, 3.63) is 82.9 Å². The molecule has 1 aromatic heterocycles. The molecule has 196 valence electrons. The van der Waals surface area contributed by atoms with Crippen molar-refractivity contribution in [2.75, 3.05) is 6.54 Å². The number of hydrogen-bond acceptors (Lipinski definition) is 3. The van der Waals surface area contributed by atoms with E-state index in [0.717, 1.165) is 60.4 Å². The van der Waals surface area contributed by atoms with Gasteiger partial charge in [0.2, 0.25) is 5.91 Å². The van der Waals surface area contributed by atoms with E-state index >= 15 is 0 Å². The summed E-state index contributed by atoms with van der Waals surface area (Å²) in [6.07, 6.45) is 9.93. The van der Waals surface area contributed by atoms with Crippen LogP contribution in [0.5, 0.6) is 0 Å². The molecule has 4 fully saturated rings. The fourth-order valence-electron chi connectivity index (χ4n) is 8.12. The van der Waals surface area contributed by atoms with Crippen molar-refractivity contribution < 1.29 is 9.59 Å². The average molecular weight is 509 g/mol. The SMILES string of the molecule is Cc1ccc(-n2cnc3c2CCN(C(=O)c2ccc(CNC(=O)C45CC6CC(CC(C6)C4)C5)cc2)C3)cc1. The Hall–Kier alpha value is -3.41. The van der Waals surface area contributed by atoms with Crippen LogP contribution >= 0.6 is 0 Å². The maximum Gasteiger partial charge on any atom is 0.254 e. The van der Waals surface area contributed by atoms with Crippen molar-refractivity contribution in [1.29, 1.82) is 0 Å². The summed E-state index contributed by atoms with van der Waals surface area (Å²) in [7, 11) is 0. The number of benzene rings is 2. The number of carbonyl (C=O) groups excluding carboxylic acids is 2. The lowest BCUT2D eigenvalue weighted by atomic mass is 9.49. The van der Waals surface area contributed by atoms with Crippen LogP contribution in [0.25, 0.3) is 5.69 Å². The van der Waals surface area contributed by atoms with Crippen LogP contribution in [0.2, 0.25) is 0 Å². The minimum absolute atomic E-state index is 0.0321. The van der Waals surface area contributed by atoms with Crippen LogP contribution in [-0.2, 0) is 24.3 Å². The van der Waals surface area contributed by atoms with Crippen LogP contribution < -0.4 is 5.32 Å². The summed E-state index contributed by atoms with van der Waals surface area (Å²) in [5, 5.41) is 3.25. The lowest BCUT2D eigenvalue weighted by Crippen LogP contribution is -2.53. The minimum atomic E-state index is -0.121. The highest BCUT2D eigenvalue weighted by molar-refractivity contribution is 5.94. The molecule has 2 amide bonds. The number of nitrogens with one attached hydrogen (secondary N) is 1. The number of aryl methyl sites for hydroxylation is 1. The van der Waals surface area contributed by atoms with E-state index in [1.165, 1.54) is 30.5 Å². The smallest absolute Gasteiger partial charge is 0.254 e. The van der Waals surface area contributed by atoms with Gasteiger partial charge < -0.3 is 14.8 Å². The van der Waals surface area contributed by atoms with Crippen LogP contribution in [0.4, 0.5) is 0 Å². The van der Waals surface area contributed by atoms with Crippen molar-refractivity contribution >= 4 is 11.8 Å². The third kappa shape index (κ3) is 4.14. The molecule has 0 unspecified atom stereocenters. The van der Waals surface area contributed by atoms with Gasteiger partial charge in [-0.1, -0.05) is 29.8 Å². The van der Waals surface area contributed by atoms with Gasteiger partial charge in [0.05, 0.1) is 18.6 Å². The molecule has 4 bridgehead atoms. The van der Waals surface area contributed by atoms with Crippen molar-refractivity contribution in [2.45, 2.75) is 65.0 Å². The first kappa shape index (κ1) is 23.7. The minimum Gasteiger partial charge on any atom is -0.352 e. The van der Waals surface area contributed by atoms with Crippen molar-refractivity contribution in [2.24, 2.45) is 23.2 Å². The molecular formula is C32H36N4O2. The Bertz CT molecular complexity index is 1340. The molecule has 4 saturated carbocycles. The molecule has 6 nitrogen and oxygen atoms in total. The van der Waals surface area contributed by atoms with Crippen LogP contribution in [0.15, 0.2) is 54.9 Å². The highest BCUT2D eigenvalue weighted by Crippen LogP contribution is 2.60. The van der Waals surface area contributed by atoms with Gasteiger partial charge in [-0.25, -0.2) is 4.98 Å². The molecule has 8 rings (SSSR count). The Morgan fingerprint density at radius 3 is 2.26 bits per heavy atom. The molecule has 4 aliphatic carbocycles. The predicted molar refractivity (Wildman–Crippen MR) is 146 cm³/mol. The average Bonchev–Trinajstić information content (AvgIpc) is 3.34. The second kappa shape index (κ2) is 9.11. The topological polar surface area (TPSA) is 67.2 Å². The second-order valence-corrected chi connectivity index (χ2v) is 12.4. The maximum atomic E-state index is 13.3. The van der Waals surface area contributed by atoms with E-state index in [9.17, 15) is 9.59 Å². The first-order valence-electron chi connectivity index (χ1n) is 14.2. The molecule has 5 aliphatic rings. The number of amides is 2. The molecular weight excluding hydrogens is 472 g/mol. The Morgan fingerprint density at radius 2 is 1.61 bits per heavy atom. The second-order valence-electron chi connectivity index (χ2n) is 12.4. The van der Waals surface area contributed by atoms with Crippen molar-refractivity contribution in [1.82, 2.24) is 19.8 Å². The first-order chi connectivity index (χ1) is 18.5. The molecule has 2 heterocycles. The summed E-state index contributed by atoms with van der Waals surface area (Å²) < 4.78 is 2.14. The van der Waals surface area contributed by atoms with E-state index in [0.29, 0.717) is 25.2 Å². The fourth-order valence-corrected chi connectivity index (χ4v) is 8.12. The van der Waals surface area contributed by atoms with E-state index in [1.807, 2.05) is 35.5 Å². The fraction of sp³-hybridized carbons (Fsp3) is 0.469. The van der Waals surface area contributed by atoms with Crippen molar-refractivity contribution in [3.63, 3.8) is 0 Å². The zero-order valence-corrected chi connectivity index (χ0v) is 22.2. The molecule has 1 aliphatic heterocycles. The largest absolute Gasteiger partial charge is 0.352 e. The maximum absolute atomic E-state index is 13.3. The summed E-state index contributed by atoms with van der Waals surface area (Å²) >= 11 is 0. The van der Waals surface area contributed by atoms with Gasteiger partial charge in [0, 0.05) is 41.9 Å². The summed E-state index contributed by atoms with van der Waals surface area (Å²) in [6, 6.07) is 16.2. The van der Waals surface area contributed by atoms with E-state index in [-0.39, 0.29) is 17.2 Å². The van der Waals surface area contributed by atoms with Gasteiger partial charge in [0.15, 0.2) is 0 Å². The van der Waals surface area contributed by atoms with Gasteiger partial charge in [-0.2, -0.15) is 0 Å². The van der Waals surface area contributed by atoms with Crippen LogP contribution in [-0.4, -0.2) is 32.8 Å². The number of carbonyl (C=O) groups is 2. The number of imidazole rings is 1. The lowest BCUT2D eigenvalue weighted by molar-refractivity contribution is -0.146. The summed E-state index contributed by atoms with van der Waals surface area (Å²) in [5.41, 5.74) is 6.09. The Balaban J connectivity index is 0.976. The molecule has 2 aromatic carbocycles. The van der Waals surface area contributed by atoms with Crippen LogP contribution in [0.3, 0.4) is 0 Å². The van der Waals surface area contributed by atoms with Gasteiger partial charge in [0.1, 0.15) is 0 Å². The summed E-state index contributed by atoms with van der Waals surface area (Å²) in [4.78, 5) is 33.1. The molecule has 1 N–H and O–H groups in total. The molecule has 0 radical (unpaired) electrons. The zero-order valence-electron chi connectivity index (χ0n) is 22.2. The summed E-state index contributed by atoms with van der Waals surface area (Å²) in [6.45, 7) is 3.81. The van der Waals surface area contributed by atoms with Gasteiger partial charge >= 0.3 is 0 Å². The number of nitrogens with zero attached hydrogens (tertiary/aromatic N) is 3. The lowest BCUT2D eigenvalue weighted by Gasteiger charge is -2.55. The molecule has 0 saturated heterocycles. The van der Waals surface area contributed by atoms with Crippen LogP contribution in [0.1, 0.15) is 71.4 Å². The number of rotatable bonds is 5. The van der Waals surface area contributed by atoms with E-state index < -0.39 is 0 Å². The van der Waals surface area contributed by atoms with Gasteiger partial charge in [0.25, 0.3) is 5.91 Å². The van der Waals surface area contributed by atoms with Gasteiger partial charge in [-0.15, -0.1) is 0 Å². The molecule has 0 spiro atoms. The number of fused-ring (bicyclic) bond motifs is 1. The molecule has 38 heavy (non-hydrogen) atoms. The standard InChI is InChI=1S/C32H36N4O2/c1-21-2-8-27(9-3-21)36-20-34-28-19-35(11-10-29(28)36)30(37)26-6-4-22(5-7-26)18-33-31(38)32-15-23-12-24(16-32)14-25(13-23)17-32/h2-9,20,23-25H,10-19H2,1H3,(H,33,38). The Labute approximate surface area is 224 Å². The number of aromatic nitrogens is 2. The first-order valence-corrected chi connectivity index (χ1v) is 14.2. The Kier molecular flexibility index (Phi) is 5.68. The summed E-state index contributed by atoms with van der Waals surface area (Å²) in [5.74, 6) is 2.58. The highest BCUT2D eigenvalue weighted by atomic mass is 16.2. The third-order valence-corrected chi connectivity index (χ3v) is 9.69. The monoisotopic (exact) mass is 508 g/mol. The predicted octanol–water partition coefficient (Wildman–Crippen LogP) is 5.21. The van der Waals surface area contributed by atoms with Gasteiger partial charge in [-0.05, 0) is 93.0 Å². The molecule has 0 atom stereocenters. The molecule has 3 aromatic rings. The van der Waals surface area contributed by atoms with Gasteiger partial charge in [-0.3, -0.25) is 9.59 Å². The molecule has 6 heteroatoms. The van der Waals surface area contributed by atoms with Crippen LogP contribution in [0, 0.1) is 30.1 Å². The van der Waals surface area contributed by atoms with E-state index in [2.05, 4.69) is 46.1 Å². The quantitative estimate of drug-likeness (QED) is 0.514. The third-order valence-electron chi connectivity index (χ3n) is 9.69. The van der Waals surface area contributed by atoms with E-state index in [4.69, 9.17) is 0 Å². The normalized spacial score (nSPS) is 27.3. The zero-order chi connectivity index (χ0) is 25.9. The highest BCUT2D eigenvalue weighted by Gasteiger charge is 2.54.